The molecule has 3 N–H and O–H groups in total. The number of nitrogens with one attached hydrogen (secondary N) is 3. The predicted molar refractivity (Wildman–Crippen MR) is 119 cm³/mol. The van der Waals surface area contributed by atoms with Crippen molar-refractivity contribution in [2.45, 2.75) is 64.0 Å². The third-order valence-electron chi connectivity index (χ3n) is 6.48. The Labute approximate surface area is 186 Å². The van der Waals surface area contributed by atoms with Crippen molar-refractivity contribution in [3.8, 4) is 0 Å². The highest BCUT2D eigenvalue weighted by molar-refractivity contribution is 5.94. The minimum Gasteiger partial charge on any atom is -0.464 e. The van der Waals surface area contributed by atoms with Gasteiger partial charge in [0.15, 0.2) is 5.82 Å². The molecule has 1 aromatic carbocycles. The largest absolute Gasteiger partial charge is 0.464 e. The molecular formula is C24H28N4O4. The SMILES string of the molecule is CC(C)NC(=O)O[C@@H]1CC[C@H](c2cc(NC(=O)C3Cc4ccc5occc5c4C3)n[nH]2)C1. The third-order valence-corrected chi connectivity index (χ3v) is 6.48. The molecule has 0 spiro atoms. The van der Waals surface area contributed by atoms with Crippen molar-refractivity contribution in [3.63, 3.8) is 0 Å². The molecule has 0 saturated heterocycles. The zero-order valence-corrected chi connectivity index (χ0v) is 18.3. The van der Waals surface area contributed by atoms with Crippen molar-refractivity contribution in [2.75, 3.05) is 5.32 Å². The molecule has 2 aromatic heterocycles. The number of rotatable bonds is 5. The molecule has 1 fully saturated rings. The van der Waals surface area contributed by atoms with Gasteiger partial charge in [0.2, 0.25) is 5.91 Å². The van der Waals surface area contributed by atoms with E-state index >= 15 is 0 Å². The molecule has 2 amide bonds. The number of hydrogen-bond donors (Lipinski definition) is 3. The zero-order valence-electron chi connectivity index (χ0n) is 18.3. The van der Waals surface area contributed by atoms with Crippen LogP contribution in [0.1, 0.15) is 55.8 Å². The Balaban J connectivity index is 1.17. The standard InChI is InChI=1S/C24H28N4O4/c1-13(2)25-24(30)32-17-5-3-15(10-17)20-12-22(28-27-20)26-23(29)16-9-14-4-6-21-18(7-8-31-21)19(14)11-16/h4,6-8,12-13,15-17H,3,5,9-11H2,1-2H3,(H,25,30)(H2,26,27,28,29)/t15-,16?,17+/m0/s1. The van der Waals surface area contributed by atoms with Gasteiger partial charge in [-0.15, -0.1) is 0 Å². The molecule has 2 aliphatic rings. The van der Waals surface area contributed by atoms with Crippen molar-refractivity contribution in [3.05, 3.63) is 47.3 Å². The number of alkyl carbamates (subject to hydrolysis) is 1. The van der Waals surface area contributed by atoms with Crippen molar-refractivity contribution in [2.24, 2.45) is 5.92 Å². The normalized spacial score (nSPS) is 22.3. The highest BCUT2D eigenvalue weighted by Gasteiger charge is 2.32. The maximum atomic E-state index is 12.9. The summed E-state index contributed by atoms with van der Waals surface area (Å²) in [4.78, 5) is 24.7. The van der Waals surface area contributed by atoms with E-state index in [-0.39, 0.29) is 36.0 Å². The number of aromatic nitrogens is 2. The lowest BCUT2D eigenvalue weighted by atomic mass is 10.0. The number of ether oxygens (including phenoxy) is 1. The van der Waals surface area contributed by atoms with Gasteiger partial charge in [-0.2, -0.15) is 5.10 Å². The molecule has 3 aromatic rings. The lowest BCUT2D eigenvalue weighted by Gasteiger charge is -2.14. The van der Waals surface area contributed by atoms with Gasteiger partial charge in [-0.1, -0.05) is 6.07 Å². The van der Waals surface area contributed by atoms with Crippen LogP contribution in [0.2, 0.25) is 0 Å². The average molecular weight is 437 g/mol. The number of hydrogen-bond acceptors (Lipinski definition) is 5. The van der Waals surface area contributed by atoms with E-state index in [0.717, 1.165) is 42.3 Å². The minimum atomic E-state index is -0.367. The molecule has 3 atom stereocenters. The van der Waals surface area contributed by atoms with Crippen LogP contribution in [-0.2, 0) is 22.4 Å². The fourth-order valence-electron chi connectivity index (χ4n) is 4.94. The number of benzene rings is 1. The summed E-state index contributed by atoms with van der Waals surface area (Å²) in [5, 5.41) is 14.2. The van der Waals surface area contributed by atoms with Crippen molar-refractivity contribution in [1.29, 1.82) is 0 Å². The summed E-state index contributed by atoms with van der Waals surface area (Å²) >= 11 is 0. The van der Waals surface area contributed by atoms with Gasteiger partial charge in [0, 0.05) is 35.0 Å². The smallest absolute Gasteiger partial charge is 0.407 e. The number of anilines is 1. The maximum Gasteiger partial charge on any atom is 0.407 e. The first kappa shape index (κ1) is 20.6. The van der Waals surface area contributed by atoms with E-state index in [9.17, 15) is 9.59 Å². The van der Waals surface area contributed by atoms with E-state index in [2.05, 4.69) is 26.9 Å². The lowest BCUT2D eigenvalue weighted by Crippen LogP contribution is -2.33. The van der Waals surface area contributed by atoms with Crippen LogP contribution in [0.3, 0.4) is 0 Å². The first-order chi connectivity index (χ1) is 15.5. The second-order valence-electron chi connectivity index (χ2n) is 9.17. The van der Waals surface area contributed by atoms with Crippen LogP contribution in [0.4, 0.5) is 10.6 Å². The topological polar surface area (TPSA) is 109 Å². The first-order valence-corrected chi connectivity index (χ1v) is 11.3. The number of nitrogens with zero attached hydrogens (tertiary/aromatic N) is 1. The molecule has 0 radical (unpaired) electrons. The zero-order chi connectivity index (χ0) is 22.2. The van der Waals surface area contributed by atoms with E-state index in [4.69, 9.17) is 9.15 Å². The van der Waals surface area contributed by atoms with Gasteiger partial charge in [-0.05, 0) is 69.2 Å². The molecule has 0 bridgehead atoms. The van der Waals surface area contributed by atoms with Gasteiger partial charge >= 0.3 is 6.09 Å². The van der Waals surface area contributed by atoms with E-state index < -0.39 is 0 Å². The van der Waals surface area contributed by atoms with Crippen molar-refractivity contribution >= 4 is 28.8 Å². The van der Waals surface area contributed by atoms with Gasteiger partial charge in [-0.3, -0.25) is 9.89 Å². The molecule has 0 aliphatic heterocycles. The minimum absolute atomic E-state index is 0.0196. The molecule has 2 aliphatic carbocycles. The third kappa shape index (κ3) is 4.09. The van der Waals surface area contributed by atoms with Gasteiger partial charge in [0.05, 0.1) is 6.26 Å². The molecule has 2 heterocycles. The van der Waals surface area contributed by atoms with Crippen molar-refractivity contribution in [1.82, 2.24) is 15.5 Å². The van der Waals surface area contributed by atoms with E-state index in [1.807, 2.05) is 32.0 Å². The summed E-state index contributed by atoms with van der Waals surface area (Å²) in [5.41, 5.74) is 4.24. The van der Waals surface area contributed by atoms with Crippen molar-refractivity contribution < 1.29 is 18.7 Å². The Hall–Kier alpha value is -3.29. The van der Waals surface area contributed by atoms with Crippen LogP contribution < -0.4 is 10.6 Å². The number of carbonyl (C=O) groups excluding carboxylic acids is 2. The maximum absolute atomic E-state index is 12.9. The first-order valence-electron chi connectivity index (χ1n) is 11.3. The molecule has 1 saturated carbocycles. The van der Waals surface area contributed by atoms with Crippen LogP contribution in [0.25, 0.3) is 11.0 Å². The summed E-state index contributed by atoms with van der Waals surface area (Å²) in [6.07, 6.45) is 5.13. The summed E-state index contributed by atoms with van der Waals surface area (Å²) in [7, 11) is 0. The number of fused-ring (bicyclic) bond motifs is 3. The van der Waals surface area contributed by atoms with Gasteiger partial charge < -0.3 is 19.8 Å². The second kappa shape index (κ2) is 8.33. The molecule has 1 unspecified atom stereocenters. The molecule has 8 nitrogen and oxygen atoms in total. The Bertz CT molecular complexity index is 1150. The lowest BCUT2D eigenvalue weighted by molar-refractivity contribution is -0.119. The summed E-state index contributed by atoms with van der Waals surface area (Å²) in [6.45, 7) is 3.81. The highest BCUT2D eigenvalue weighted by atomic mass is 16.6. The summed E-state index contributed by atoms with van der Waals surface area (Å²) in [6, 6.07) is 7.95. The Morgan fingerprint density at radius 2 is 2.09 bits per heavy atom. The van der Waals surface area contributed by atoms with Crippen LogP contribution in [0.5, 0.6) is 0 Å². The fraction of sp³-hybridized carbons (Fsp3) is 0.458. The van der Waals surface area contributed by atoms with Crippen LogP contribution in [0.15, 0.2) is 34.9 Å². The Morgan fingerprint density at radius 3 is 2.94 bits per heavy atom. The molecular weight excluding hydrogens is 408 g/mol. The van der Waals surface area contributed by atoms with Gasteiger partial charge in [0.25, 0.3) is 0 Å². The van der Waals surface area contributed by atoms with Crippen LogP contribution in [-0.4, -0.2) is 34.3 Å². The highest BCUT2D eigenvalue weighted by Crippen LogP contribution is 2.37. The molecule has 8 heteroatoms. The summed E-state index contributed by atoms with van der Waals surface area (Å²) < 4.78 is 11.0. The average Bonchev–Trinajstić information content (AvgIpc) is 3.51. The Morgan fingerprint density at radius 1 is 1.22 bits per heavy atom. The summed E-state index contributed by atoms with van der Waals surface area (Å²) in [5.74, 6) is 0.634. The molecule has 32 heavy (non-hydrogen) atoms. The number of furan rings is 1. The van der Waals surface area contributed by atoms with Crippen LogP contribution >= 0.6 is 0 Å². The second-order valence-corrected chi connectivity index (χ2v) is 9.17. The number of aromatic amines is 1. The van der Waals surface area contributed by atoms with E-state index in [0.29, 0.717) is 12.2 Å². The molecule has 168 valence electrons. The Kier molecular flexibility index (Phi) is 5.36. The monoisotopic (exact) mass is 436 g/mol. The fourth-order valence-corrected chi connectivity index (χ4v) is 4.94. The van der Waals surface area contributed by atoms with Crippen LogP contribution in [0, 0.1) is 5.92 Å². The molecule has 5 rings (SSSR count). The predicted octanol–water partition coefficient (Wildman–Crippen LogP) is 4.28. The van der Waals surface area contributed by atoms with Gasteiger partial charge in [0.1, 0.15) is 11.7 Å². The quantitative estimate of drug-likeness (QED) is 0.553. The van der Waals surface area contributed by atoms with E-state index in [1.165, 1.54) is 11.1 Å². The van der Waals surface area contributed by atoms with Gasteiger partial charge in [-0.25, -0.2) is 4.79 Å². The number of H-pyrrole nitrogens is 1. The number of carbonyl (C=O) groups is 2. The number of amides is 2. The van der Waals surface area contributed by atoms with E-state index in [1.54, 1.807) is 6.26 Å².